The molecule has 0 saturated carbocycles. The summed E-state index contributed by atoms with van der Waals surface area (Å²) in [6, 6.07) is 8.92. The Bertz CT molecular complexity index is 563. The fourth-order valence-electron chi connectivity index (χ4n) is 1.87. The van der Waals surface area contributed by atoms with Crippen LogP contribution in [-0.2, 0) is 0 Å². The van der Waals surface area contributed by atoms with E-state index in [-0.39, 0.29) is 12.1 Å². The van der Waals surface area contributed by atoms with Crippen molar-refractivity contribution in [2.75, 3.05) is 0 Å². The van der Waals surface area contributed by atoms with Crippen LogP contribution in [0.2, 0.25) is 10.0 Å². The van der Waals surface area contributed by atoms with E-state index in [1.54, 1.807) is 30.6 Å². The van der Waals surface area contributed by atoms with Gasteiger partial charge in [-0.2, -0.15) is 0 Å². The summed E-state index contributed by atoms with van der Waals surface area (Å²) in [5.41, 5.74) is 7.07. The molecule has 0 aliphatic carbocycles. The summed E-state index contributed by atoms with van der Waals surface area (Å²) in [6.45, 7) is 2.01. The van der Waals surface area contributed by atoms with E-state index in [1.165, 1.54) is 0 Å². The summed E-state index contributed by atoms with van der Waals surface area (Å²) in [4.78, 5) is 4.11. The molecule has 1 aromatic carbocycles. The lowest BCUT2D eigenvalue weighted by Gasteiger charge is -2.25. The molecule has 2 rings (SSSR count). The molecule has 0 radical (unpaired) electrons. The third kappa shape index (κ3) is 3.42. The van der Waals surface area contributed by atoms with Crippen molar-refractivity contribution >= 4 is 23.2 Å². The quantitative estimate of drug-likeness (QED) is 0.898. The van der Waals surface area contributed by atoms with Crippen LogP contribution in [0.15, 0.2) is 42.7 Å². The molecule has 1 aromatic heterocycles. The fourth-order valence-corrected chi connectivity index (χ4v) is 2.21. The molecule has 2 unspecified atom stereocenters. The molecular weight excluding hydrogens is 295 g/mol. The van der Waals surface area contributed by atoms with Crippen molar-refractivity contribution in [1.29, 1.82) is 0 Å². The van der Waals surface area contributed by atoms with Crippen LogP contribution in [0.1, 0.15) is 25.0 Å². The Kier molecular flexibility index (Phi) is 5.24. The lowest BCUT2D eigenvalue weighted by Crippen LogP contribution is -2.31. The maximum atomic E-state index is 6.16. The van der Waals surface area contributed by atoms with E-state index in [1.807, 2.05) is 19.1 Å². The first kappa shape index (κ1) is 15.1. The van der Waals surface area contributed by atoms with Gasteiger partial charge in [0.2, 0.25) is 0 Å². The molecule has 0 aliphatic heterocycles. The van der Waals surface area contributed by atoms with Crippen molar-refractivity contribution < 1.29 is 4.74 Å². The van der Waals surface area contributed by atoms with Gasteiger partial charge in [-0.1, -0.05) is 42.3 Å². The van der Waals surface area contributed by atoms with Crippen molar-refractivity contribution in [3.05, 3.63) is 58.3 Å². The Morgan fingerprint density at radius 2 is 2.05 bits per heavy atom. The van der Waals surface area contributed by atoms with Gasteiger partial charge in [-0.25, -0.2) is 0 Å². The Morgan fingerprint density at radius 1 is 1.25 bits per heavy atom. The third-order valence-corrected chi connectivity index (χ3v) is 3.84. The van der Waals surface area contributed by atoms with Gasteiger partial charge in [0, 0.05) is 24.0 Å². The second-order valence-corrected chi connectivity index (χ2v) is 5.23. The molecule has 0 saturated heterocycles. The number of nitrogens with zero attached hydrogens (tertiary/aromatic N) is 1. The zero-order valence-electron chi connectivity index (χ0n) is 11.1. The Labute approximate surface area is 128 Å². The van der Waals surface area contributed by atoms with Crippen LogP contribution in [0.25, 0.3) is 0 Å². The molecule has 5 heteroatoms. The van der Waals surface area contributed by atoms with Crippen LogP contribution in [0.4, 0.5) is 0 Å². The molecule has 106 valence electrons. The van der Waals surface area contributed by atoms with Gasteiger partial charge in [-0.05, 0) is 24.6 Å². The predicted molar refractivity (Wildman–Crippen MR) is 82.3 cm³/mol. The van der Waals surface area contributed by atoms with Gasteiger partial charge in [-0.15, -0.1) is 0 Å². The second kappa shape index (κ2) is 6.93. The zero-order chi connectivity index (χ0) is 14.5. The highest BCUT2D eigenvalue weighted by atomic mass is 35.5. The summed E-state index contributed by atoms with van der Waals surface area (Å²) in [5.74, 6) is 0.525. The molecule has 0 fully saturated rings. The van der Waals surface area contributed by atoms with E-state index in [0.29, 0.717) is 15.8 Å². The van der Waals surface area contributed by atoms with Crippen LogP contribution >= 0.6 is 23.2 Å². The van der Waals surface area contributed by atoms with Gasteiger partial charge in [0.1, 0.15) is 16.9 Å². The second-order valence-electron chi connectivity index (χ2n) is 4.45. The molecule has 20 heavy (non-hydrogen) atoms. The topological polar surface area (TPSA) is 48.1 Å². The van der Waals surface area contributed by atoms with E-state index in [0.717, 1.165) is 12.0 Å². The number of aromatic nitrogens is 1. The van der Waals surface area contributed by atoms with Crippen molar-refractivity contribution in [1.82, 2.24) is 4.98 Å². The number of rotatable bonds is 5. The molecule has 0 aliphatic rings. The summed E-state index contributed by atoms with van der Waals surface area (Å²) >= 11 is 12.2. The monoisotopic (exact) mass is 310 g/mol. The number of halogens is 2. The lowest BCUT2D eigenvalue weighted by molar-refractivity contribution is 0.171. The largest absolute Gasteiger partial charge is 0.482 e. The smallest absolute Gasteiger partial charge is 0.140 e. The predicted octanol–water partition coefficient (Wildman–Crippen LogP) is 4.25. The number of pyridine rings is 1. The van der Waals surface area contributed by atoms with Gasteiger partial charge < -0.3 is 10.5 Å². The highest BCUT2D eigenvalue weighted by molar-refractivity contribution is 6.42. The molecular formula is C15H16Cl2N2O. The Balaban J connectivity index is 2.31. The summed E-state index contributed by atoms with van der Waals surface area (Å²) in [6.07, 6.45) is 3.92. The minimum atomic E-state index is -0.315. The average molecular weight is 311 g/mol. The van der Waals surface area contributed by atoms with Crippen LogP contribution in [-0.4, -0.2) is 11.0 Å². The minimum Gasteiger partial charge on any atom is -0.482 e. The van der Waals surface area contributed by atoms with Crippen LogP contribution in [0, 0.1) is 0 Å². The lowest BCUT2D eigenvalue weighted by atomic mass is 10.0. The maximum absolute atomic E-state index is 6.16. The first-order valence-electron chi connectivity index (χ1n) is 6.39. The Hall–Kier alpha value is -1.29. The van der Waals surface area contributed by atoms with Gasteiger partial charge in [-0.3, -0.25) is 4.98 Å². The molecule has 2 N–H and O–H groups in total. The Morgan fingerprint density at radius 3 is 2.70 bits per heavy atom. The minimum absolute atomic E-state index is 0.158. The molecule has 2 atom stereocenters. The highest BCUT2D eigenvalue weighted by Gasteiger charge is 2.22. The summed E-state index contributed by atoms with van der Waals surface area (Å²) < 4.78 is 5.98. The van der Waals surface area contributed by atoms with Crippen molar-refractivity contribution in [3.8, 4) is 5.75 Å². The number of hydrogen-bond donors (Lipinski definition) is 1. The SMILES string of the molecule is CCC(N)C(Oc1cccc(Cl)c1Cl)c1cccnc1. The number of ether oxygens (including phenoxy) is 1. The van der Waals surface area contributed by atoms with Crippen molar-refractivity contribution in [2.45, 2.75) is 25.5 Å². The van der Waals surface area contributed by atoms with E-state index in [4.69, 9.17) is 33.7 Å². The van der Waals surface area contributed by atoms with Crippen LogP contribution in [0.5, 0.6) is 5.75 Å². The van der Waals surface area contributed by atoms with Crippen LogP contribution < -0.4 is 10.5 Å². The first-order valence-corrected chi connectivity index (χ1v) is 7.15. The molecule has 1 heterocycles. The fraction of sp³-hybridized carbons (Fsp3) is 0.267. The normalized spacial score (nSPS) is 13.8. The maximum Gasteiger partial charge on any atom is 0.140 e. The van der Waals surface area contributed by atoms with E-state index < -0.39 is 0 Å². The van der Waals surface area contributed by atoms with Gasteiger partial charge in [0.05, 0.1) is 5.02 Å². The van der Waals surface area contributed by atoms with E-state index in [9.17, 15) is 0 Å². The highest BCUT2D eigenvalue weighted by Crippen LogP contribution is 2.35. The number of nitrogens with two attached hydrogens (primary N) is 1. The first-order chi connectivity index (χ1) is 9.63. The third-order valence-electron chi connectivity index (χ3n) is 3.04. The number of hydrogen-bond acceptors (Lipinski definition) is 3. The van der Waals surface area contributed by atoms with Gasteiger partial charge in [0.25, 0.3) is 0 Å². The molecule has 2 aromatic rings. The number of benzene rings is 1. The molecule has 0 amide bonds. The van der Waals surface area contributed by atoms with Crippen molar-refractivity contribution in [2.24, 2.45) is 5.73 Å². The van der Waals surface area contributed by atoms with Gasteiger partial charge in [0.15, 0.2) is 0 Å². The standard InChI is InChI=1S/C15H16Cl2N2O/c1-2-12(18)15(10-5-4-8-19-9-10)20-13-7-3-6-11(16)14(13)17/h3-9,12,15H,2,18H2,1H3. The molecule has 0 spiro atoms. The summed E-state index contributed by atoms with van der Waals surface area (Å²) in [7, 11) is 0. The molecule has 3 nitrogen and oxygen atoms in total. The summed E-state index contributed by atoms with van der Waals surface area (Å²) in [5, 5.41) is 0.852. The average Bonchev–Trinajstić information content (AvgIpc) is 2.49. The van der Waals surface area contributed by atoms with Crippen LogP contribution in [0.3, 0.4) is 0 Å². The van der Waals surface area contributed by atoms with E-state index >= 15 is 0 Å². The van der Waals surface area contributed by atoms with Gasteiger partial charge >= 0.3 is 0 Å². The zero-order valence-corrected chi connectivity index (χ0v) is 12.6. The molecule has 0 bridgehead atoms. The van der Waals surface area contributed by atoms with Crippen molar-refractivity contribution in [3.63, 3.8) is 0 Å². The van der Waals surface area contributed by atoms with E-state index in [2.05, 4.69) is 4.98 Å².